The standard InChI is InChI=1S/C19H26N4O2.HI/c1-20-19(22-10-9-21-18(24)13-5-3-2-4-6-13)23-11-14-15(12-23)17-8-7-16(14)25-17;/h2-6,14-17H,7-12H2,1H3,(H,20,22)(H,21,24);1H. The highest BCUT2D eigenvalue weighted by atomic mass is 127. The molecular weight excluding hydrogens is 443 g/mol. The number of hydrogen-bond acceptors (Lipinski definition) is 3. The van der Waals surface area contributed by atoms with Crippen molar-refractivity contribution in [2.45, 2.75) is 25.0 Å². The second-order valence-corrected chi connectivity index (χ2v) is 7.12. The van der Waals surface area contributed by atoms with Crippen LogP contribution < -0.4 is 10.6 Å². The number of guanidine groups is 1. The molecule has 26 heavy (non-hydrogen) atoms. The molecule has 2 N–H and O–H groups in total. The molecule has 4 rings (SSSR count). The Kier molecular flexibility index (Phi) is 6.39. The van der Waals surface area contributed by atoms with Crippen molar-refractivity contribution in [3.63, 3.8) is 0 Å². The third-order valence-electron chi connectivity index (χ3n) is 5.69. The molecular formula is C19H27IN4O2. The highest BCUT2D eigenvalue weighted by molar-refractivity contribution is 14.0. The van der Waals surface area contributed by atoms with Crippen LogP contribution in [0.2, 0.25) is 0 Å². The van der Waals surface area contributed by atoms with E-state index in [1.165, 1.54) is 12.8 Å². The molecule has 0 aliphatic carbocycles. The Morgan fingerprint density at radius 1 is 1.12 bits per heavy atom. The van der Waals surface area contributed by atoms with E-state index in [0.717, 1.165) is 19.0 Å². The zero-order valence-corrected chi connectivity index (χ0v) is 17.4. The predicted molar refractivity (Wildman–Crippen MR) is 112 cm³/mol. The molecule has 1 aromatic carbocycles. The summed E-state index contributed by atoms with van der Waals surface area (Å²) in [5.41, 5.74) is 0.690. The van der Waals surface area contributed by atoms with Crippen molar-refractivity contribution in [3.8, 4) is 0 Å². The summed E-state index contributed by atoms with van der Waals surface area (Å²) in [6, 6.07) is 9.29. The van der Waals surface area contributed by atoms with Gasteiger partial charge in [-0.3, -0.25) is 9.79 Å². The Balaban J connectivity index is 0.00000196. The number of halogens is 1. The van der Waals surface area contributed by atoms with Gasteiger partial charge in [-0.05, 0) is 25.0 Å². The third kappa shape index (κ3) is 3.83. The van der Waals surface area contributed by atoms with Gasteiger partial charge in [0.25, 0.3) is 5.91 Å². The fraction of sp³-hybridized carbons (Fsp3) is 0.579. The average molecular weight is 470 g/mol. The van der Waals surface area contributed by atoms with Crippen LogP contribution in [0, 0.1) is 11.8 Å². The van der Waals surface area contributed by atoms with E-state index in [1.54, 1.807) is 0 Å². The molecule has 6 nitrogen and oxygen atoms in total. The number of ether oxygens (including phenoxy) is 1. The molecule has 0 saturated carbocycles. The average Bonchev–Trinajstić information content (AvgIpc) is 3.35. The van der Waals surface area contributed by atoms with Gasteiger partial charge in [0.1, 0.15) is 0 Å². The van der Waals surface area contributed by atoms with Crippen LogP contribution in [-0.2, 0) is 4.74 Å². The Morgan fingerprint density at radius 2 is 1.73 bits per heavy atom. The number of rotatable bonds is 4. The normalized spacial score (nSPS) is 29.3. The van der Waals surface area contributed by atoms with E-state index in [1.807, 2.05) is 37.4 Å². The summed E-state index contributed by atoms with van der Waals surface area (Å²) in [6.07, 6.45) is 3.36. The Hall–Kier alpha value is -1.35. The van der Waals surface area contributed by atoms with Crippen LogP contribution in [0.25, 0.3) is 0 Å². The lowest BCUT2D eigenvalue weighted by Gasteiger charge is -2.23. The third-order valence-corrected chi connectivity index (χ3v) is 5.69. The van der Waals surface area contributed by atoms with Gasteiger partial charge in [-0.25, -0.2) is 0 Å². The molecule has 1 aromatic rings. The molecule has 4 atom stereocenters. The van der Waals surface area contributed by atoms with Gasteiger partial charge in [0.2, 0.25) is 0 Å². The van der Waals surface area contributed by atoms with Crippen molar-refractivity contribution in [3.05, 3.63) is 35.9 Å². The van der Waals surface area contributed by atoms with E-state index in [4.69, 9.17) is 4.74 Å². The quantitative estimate of drug-likeness (QED) is 0.305. The van der Waals surface area contributed by atoms with Gasteiger partial charge in [0.05, 0.1) is 12.2 Å². The number of benzene rings is 1. The first-order valence-electron chi connectivity index (χ1n) is 9.20. The topological polar surface area (TPSA) is 66.0 Å². The first kappa shape index (κ1) is 19.4. The van der Waals surface area contributed by atoms with Crippen LogP contribution in [0.5, 0.6) is 0 Å². The number of nitrogens with one attached hydrogen (secondary N) is 2. The second kappa shape index (κ2) is 8.56. The summed E-state index contributed by atoms with van der Waals surface area (Å²) in [6.45, 7) is 3.30. The SMILES string of the molecule is CN=C(NCCNC(=O)c1ccccc1)N1CC2C3CCC(O3)C2C1.I. The lowest BCUT2D eigenvalue weighted by atomic mass is 9.82. The summed E-state index contributed by atoms with van der Waals surface area (Å²) in [4.78, 5) is 18.8. The van der Waals surface area contributed by atoms with Crippen LogP contribution in [0.3, 0.4) is 0 Å². The maximum Gasteiger partial charge on any atom is 0.251 e. The zero-order chi connectivity index (χ0) is 17.2. The molecule has 1 amide bonds. The number of fused-ring (bicyclic) bond motifs is 5. The maximum atomic E-state index is 12.0. The van der Waals surface area contributed by atoms with Gasteiger partial charge in [-0.2, -0.15) is 0 Å². The molecule has 3 fully saturated rings. The van der Waals surface area contributed by atoms with Gasteiger partial charge in [0.15, 0.2) is 5.96 Å². The highest BCUT2D eigenvalue weighted by Gasteiger charge is 2.53. The molecule has 3 aliphatic heterocycles. The van der Waals surface area contributed by atoms with E-state index >= 15 is 0 Å². The molecule has 0 aromatic heterocycles. The summed E-state index contributed by atoms with van der Waals surface area (Å²) in [7, 11) is 1.82. The van der Waals surface area contributed by atoms with Crippen LogP contribution >= 0.6 is 24.0 Å². The maximum absolute atomic E-state index is 12.0. The van der Waals surface area contributed by atoms with E-state index in [9.17, 15) is 4.79 Å². The van der Waals surface area contributed by atoms with E-state index in [2.05, 4.69) is 20.5 Å². The monoisotopic (exact) mass is 470 g/mol. The molecule has 142 valence electrons. The summed E-state index contributed by atoms with van der Waals surface area (Å²) in [5, 5.41) is 6.32. The minimum atomic E-state index is -0.0400. The van der Waals surface area contributed by atoms with E-state index in [-0.39, 0.29) is 29.9 Å². The second-order valence-electron chi connectivity index (χ2n) is 7.12. The fourth-order valence-electron chi connectivity index (χ4n) is 4.51. The van der Waals surface area contributed by atoms with Crippen molar-refractivity contribution in [2.75, 3.05) is 33.2 Å². The number of likely N-dealkylation sites (tertiary alicyclic amines) is 1. The van der Waals surface area contributed by atoms with Crippen molar-refractivity contribution in [2.24, 2.45) is 16.8 Å². The van der Waals surface area contributed by atoms with Crippen LogP contribution in [0.4, 0.5) is 0 Å². The molecule has 0 radical (unpaired) electrons. The minimum absolute atomic E-state index is 0. The van der Waals surface area contributed by atoms with Crippen molar-refractivity contribution in [1.29, 1.82) is 0 Å². The number of aliphatic imine (C=N–C) groups is 1. The predicted octanol–water partition coefficient (Wildman–Crippen LogP) is 1.72. The molecule has 4 unspecified atom stereocenters. The highest BCUT2D eigenvalue weighted by Crippen LogP contribution is 2.47. The number of carbonyl (C=O) groups is 1. The molecule has 3 aliphatic rings. The number of carbonyl (C=O) groups excluding carboxylic acids is 1. The summed E-state index contributed by atoms with van der Waals surface area (Å²) < 4.78 is 6.03. The Morgan fingerprint density at radius 3 is 2.35 bits per heavy atom. The lowest BCUT2D eigenvalue weighted by molar-refractivity contribution is 0.0767. The van der Waals surface area contributed by atoms with Crippen LogP contribution in [-0.4, -0.2) is 62.2 Å². The fourth-order valence-corrected chi connectivity index (χ4v) is 4.51. The summed E-state index contributed by atoms with van der Waals surface area (Å²) in [5.74, 6) is 2.22. The molecule has 3 saturated heterocycles. The van der Waals surface area contributed by atoms with Crippen molar-refractivity contribution < 1.29 is 9.53 Å². The van der Waals surface area contributed by atoms with Crippen LogP contribution in [0.15, 0.2) is 35.3 Å². The smallest absolute Gasteiger partial charge is 0.251 e. The Labute approximate surface area is 171 Å². The first-order valence-corrected chi connectivity index (χ1v) is 9.20. The molecule has 7 heteroatoms. The number of nitrogens with zero attached hydrogens (tertiary/aromatic N) is 2. The van der Waals surface area contributed by atoms with E-state index in [0.29, 0.717) is 42.7 Å². The number of hydrogen-bond donors (Lipinski definition) is 2. The zero-order valence-electron chi connectivity index (χ0n) is 15.1. The van der Waals surface area contributed by atoms with Gasteiger partial charge < -0.3 is 20.3 Å². The number of amides is 1. The summed E-state index contributed by atoms with van der Waals surface area (Å²) >= 11 is 0. The molecule has 2 bridgehead atoms. The van der Waals surface area contributed by atoms with Gasteiger partial charge in [0, 0.05) is 50.6 Å². The molecule has 3 heterocycles. The van der Waals surface area contributed by atoms with Gasteiger partial charge >= 0.3 is 0 Å². The van der Waals surface area contributed by atoms with E-state index < -0.39 is 0 Å². The van der Waals surface area contributed by atoms with Crippen LogP contribution in [0.1, 0.15) is 23.2 Å². The van der Waals surface area contributed by atoms with Gasteiger partial charge in [-0.15, -0.1) is 24.0 Å². The lowest BCUT2D eigenvalue weighted by Crippen LogP contribution is -2.44. The largest absolute Gasteiger partial charge is 0.374 e. The minimum Gasteiger partial charge on any atom is -0.374 e. The molecule has 0 spiro atoms. The van der Waals surface area contributed by atoms with Crippen molar-refractivity contribution in [1.82, 2.24) is 15.5 Å². The van der Waals surface area contributed by atoms with Gasteiger partial charge in [-0.1, -0.05) is 18.2 Å². The van der Waals surface area contributed by atoms with Crippen molar-refractivity contribution >= 4 is 35.8 Å². The Bertz CT molecular complexity index is 636. The first-order chi connectivity index (χ1) is 12.3.